The molecule has 0 spiro atoms. The zero-order valence-electron chi connectivity index (χ0n) is 8.25. The average molecular weight is 476 g/mol. The summed E-state index contributed by atoms with van der Waals surface area (Å²) in [6.45, 7) is 0. The highest BCUT2D eigenvalue weighted by Gasteiger charge is 2.38. The van der Waals surface area contributed by atoms with Gasteiger partial charge in [0.25, 0.3) is 0 Å². The summed E-state index contributed by atoms with van der Waals surface area (Å²) in [4.78, 5) is 0. The molecule has 0 N–H and O–H groups in total. The Morgan fingerprint density at radius 1 is 0.450 bits per heavy atom. The van der Waals surface area contributed by atoms with Crippen LogP contribution in [0.1, 0.15) is 0 Å². The molecule has 0 aliphatic carbocycles. The van der Waals surface area contributed by atoms with Crippen LogP contribution in [-0.4, -0.2) is 0 Å². The Kier molecular flexibility index (Phi) is 5.31. The van der Waals surface area contributed by atoms with Gasteiger partial charge in [-0.25, -0.2) is 0 Å². The van der Waals surface area contributed by atoms with Gasteiger partial charge in [-0.1, -0.05) is 0 Å². The predicted octanol–water partition coefficient (Wildman–Crippen LogP) is 9.85. The van der Waals surface area contributed by atoms with Crippen molar-refractivity contribution in [2.45, 2.75) is 0 Å². The summed E-state index contributed by atoms with van der Waals surface area (Å²) in [6.07, 6.45) is -5.51. The average Bonchev–Trinajstić information content (AvgIpc) is 1.84. The van der Waals surface area contributed by atoms with Crippen LogP contribution in [0.25, 0.3) is 0 Å². The van der Waals surface area contributed by atoms with Crippen molar-refractivity contribution < 1.29 is 37.8 Å². The maximum atomic E-state index is 13.3. The van der Waals surface area contributed by atoms with Crippen LogP contribution in [0.3, 0.4) is 0 Å². The monoisotopic (exact) mass is 475 g/mol. The maximum Gasteiger partial charge on any atom is 0.425 e. The van der Waals surface area contributed by atoms with E-state index in [-0.39, 0.29) is 0 Å². The lowest BCUT2D eigenvalue weighted by Gasteiger charge is -2.10. The lowest BCUT2D eigenvalue weighted by Crippen LogP contribution is -1.66. The van der Waals surface area contributed by atoms with Crippen molar-refractivity contribution in [3.8, 4) is 0 Å². The third-order valence-corrected chi connectivity index (χ3v) is 12.2. The first-order valence-corrected chi connectivity index (χ1v) is 13.2. The Morgan fingerprint density at radius 3 is 1.05 bits per heavy atom. The van der Waals surface area contributed by atoms with Gasteiger partial charge in [-0.05, 0) is 0 Å². The van der Waals surface area contributed by atoms with Crippen molar-refractivity contribution >= 4 is 53.0 Å². The highest BCUT2D eigenvalue weighted by atomic mass is 79.9. The minimum Gasteiger partial charge on any atom is -0.170 e. The topological polar surface area (TPSA) is 61.8 Å². The first kappa shape index (κ1) is 19.0. The molecule has 1 atom stereocenters. The molecule has 120 valence electrons. The molecule has 1 aliphatic rings. The molecule has 1 heterocycles. The number of nitrogens with zero attached hydrogens (tertiary/aromatic N) is 5. The SMILES string of the molecule is FP1(F)=NP(F)(F)=NP(F)(F)=NP(F)(Br)=NP(F)(F)=N1. The van der Waals surface area contributed by atoms with Crippen molar-refractivity contribution in [3.05, 3.63) is 0 Å². The summed E-state index contributed by atoms with van der Waals surface area (Å²) in [6, 6.07) is 0. The van der Waals surface area contributed by atoms with Crippen LogP contribution in [0.2, 0.25) is 0 Å². The van der Waals surface area contributed by atoms with Crippen LogP contribution in [-0.2, 0) is 0 Å². The highest BCUT2D eigenvalue weighted by Crippen LogP contribution is 2.83. The number of hydrogen-bond donors (Lipinski definition) is 0. The van der Waals surface area contributed by atoms with Gasteiger partial charge in [0.1, 0.15) is 0 Å². The Hall–Kier alpha value is 1.000. The van der Waals surface area contributed by atoms with E-state index in [1.54, 1.807) is 24.5 Å². The van der Waals surface area contributed by atoms with Crippen LogP contribution < -0.4 is 0 Å². The summed E-state index contributed by atoms with van der Waals surface area (Å²) in [5.74, 6) is 0. The van der Waals surface area contributed by atoms with Gasteiger partial charge in [-0.2, -0.15) is 4.20 Å². The summed E-state index contributed by atoms with van der Waals surface area (Å²) in [7, 11) is -26.3. The van der Waals surface area contributed by atoms with E-state index in [1.807, 2.05) is 0 Å². The van der Waals surface area contributed by atoms with Gasteiger partial charge in [0.05, 0.1) is 0 Å². The maximum absolute atomic E-state index is 13.3. The Balaban J connectivity index is 3.95. The summed E-state index contributed by atoms with van der Waals surface area (Å²) >= 11 is 1.65. The highest BCUT2D eigenvalue weighted by molar-refractivity contribution is 9.40. The van der Waals surface area contributed by atoms with E-state index in [2.05, 4.69) is 0 Å². The zero-order chi connectivity index (χ0) is 16.0. The third-order valence-electron chi connectivity index (χ3n) is 1.08. The fourth-order valence-corrected chi connectivity index (χ4v) is 11.3. The molecule has 5 nitrogen and oxygen atoms in total. The molecule has 1 rings (SSSR count). The fourth-order valence-electron chi connectivity index (χ4n) is 0.737. The van der Waals surface area contributed by atoms with Gasteiger partial charge < -0.3 is 0 Å². The first-order chi connectivity index (χ1) is 8.54. The number of rotatable bonds is 0. The molecule has 0 aromatic carbocycles. The Bertz CT molecular complexity index is 507. The minimum absolute atomic E-state index is 1.31. The fraction of sp³-hybridized carbons (Fsp3) is 0. The molecule has 0 amide bonds. The Labute approximate surface area is 114 Å². The van der Waals surface area contributed by atoms with Gasteiger partial charge in [0.2, 0.25) is 0 Å². The molecule has 0 saturated heterocycles. The molecule has 0 saturated carbocycles. The van der Waals surface area contributed by atoms with E-state index >= 15 is 0 Å². The second-order valence-corrected chi connectivity index (χ2v) is 13.6. The molecule has 20 heteroatoms. The molecular weight excluding hydrogens is 476 g/mol. The summed E-state index contributed by atoms with van der Waals surface area (Å²) < 4.78 is 124. The smallest absolute Gasteiger partial charge is 0.170 e. The van der Waals surface area contributed by atoms with Crippen LogP contribution in [0, 0.1) is 0 Å². The summed E-state index contributed by atoms with van der Waals surface area (Å²) in [5.41, 5.74) is 0. The molecule has 0 fully saturated rings. The normalized spacial score (nSPS) is 34.3. The van der Waals surface area contributed by atoms with Gasteiger partial charge in [-0.15, -0.1) is 56.2 Å². The largest absolute Gasteiger partial charge is 0.425 e. The van der Waals surface area contributed by atoms with Gasteiger partial charge in [-0.3, -0.25) is 0 Å². The molecule has 20 heavy (non-hydrogen) atoms. The second kappa shape index (κ2) is 5.57. The predicted molar refractivity (Wildman–Crippen MR) is 65.6 cm³/mol. The van der Waals surface area contributed by atoms with E-state index in [4.69, 9.17) is 0 Å². The second-order valence-electron chi connectivity index (χ2n) is 2.73. The van der Waals surface area contributed by atoms with Crippen molar-refractivity contribution in [1.82, 2.24) is 0 Å². The Morgan fingerprint density at radius 2 is 0.700 bits per heavy atom. The van der Waals surface area contributed by atoms with E-state index < -0.39 is 37.5 Å². The van der Waals surface area contributed by atoms with Gasteiger partial charge in [0, 0.05) is 15.5 Å². The van der Waals surface area contributed by atoms with Crippen LogP contribution in [0.15, 0.2) is 22.6 Å². The van der Waals surface area contributed by atoms with Gasteiger partial charge in [0.15, 0.2) is 0 Å². The quantitative estimate of drug-likeness (QED) is 0.247. The number of halogens is 10. The zero-order valence-corrected chi connectivity index (χ0v) is 14.3. The van der Waals surface area contributed by atoms with Gasteiger partial charge >= 0.3 is 37.5 Å². The van der Waals surface area contributed by atoms with Crippen LogP contribution in [0.4, 0.5) is 37.8 Å². The molecule has 0 aromatic rings. The molecular formula is BrF9N5P5. The minimum atomic E-state index is -6.68. The van der Waals surface area contributed by atoms with Crippen LogP contribution in [0.5, 0.6) is 0 Å². The molecule has 0 radical (unpaired) electrons. The molecule has 0 aromatic heterocycles. The van der Waals surface area contributed by atoms with Crippen molar-refractivity contribution in [2.24, 2.45) is 22.6 Å². The molecule has 1 unspecified atom stereocenters. The van der Waals surface area contributed by atoms with Crippen molar-refractivity contribution in [2.75, 3.05) is 0 Å². The standard InChI is InChI=1S/BrF9N5P5/c1-16(2)11-17(3,4)13-19(7,8)15-20(9,10)14-18(5,6)12-16. The van der Waals surface area contributed by atoms with E-state index in [1.165, 1.54) is 13.5 Å². The summed E-state index contributed by atoms with van der Waals surface area (Å²) in [5, 5.41) is 0. The lowest BCUT2D eigenvalue weighted by molar-refractivity contribution is 0.688. The molecule has 1 aliphatic heterocycles. The number of hydrogen-bond acceptors (Lipinski definition) is 5. The first-order valence-electron chi connectivity index (χ1n) is 3.69. The lowest BCUT2D eigenvalue weighted by atomic mass is 13.8. The van der Waals surface area contributed by atoms with E-state index in [9.17, 15) is 37.8 Å². The third kappa shape index (κ3) is 6.41. The van der Waals surface area contributed by atoms with E-state index in [0.717, 1.165) is 0 Å². The van der Waals surface area contributed by atoms with Crippen LogP contribution >= 0.6 is 53.0 Å². The van der Waals surface area contributed by atoms with Crippen molar-refractivity contribution in [1.29, 1.82) is 0 Å². The van der Waals surface area contributed by atoms with Crippen molar-refractivity contribution in [3.63, 3.8) is 0 Å². The van der Waals surface area contributed by atoms with E-state index in [0.29, 0.717) is 0 Å². The molecule has 0 bridgehead atoms.